The third-order valence-electron chi connectivity index (χ3n) is 6.74. The number of guanidine groups is 1. The van der Waals surface area contributed by atoms with E-state index in [1.165, 1.54) is 12.0 Å². The molecule has 8 heteroatoms. The van der Waals surface area contributed by atoms with Gasteiger partial charge in [0.15, 0.2) is 5.96 Å². The zero-order valence-electron chi connectivity index (χ0n) is 18.9. The average molecular weight is 563 g/mol. The lowest BCUT2D eigenvalue weighted by atomic mass is 9.87. The SMILES string of the molecule is CN=C(NCC(c1ccc(Cl)cc1)N1CCOC(C)(C)C1)N1CCC2(CCOC2)C1.I. The summed E-state index contributed by atoms with van der Waals surface area (Å²) in [5.74, 6) is 0.991. The van der Waals surface area contributed by atoms with E-state index in [0.29, 0.717) is 5.41 Å². The van der Waals surface area contributed by atoms with Crippen molar-refractivity contribution in [3.05, 3.63) is 34.9 Å². The molecule has 0 aromatic heterocycles. The smallest absolute Gasteiger partial charge is 0.193 e. The molecular formula is C23H36ClIN4O2. The van der Waals surface area contributed by atoms with Crippen LogP contribution in [-0.4, -0.2) is 81.0 Å². The second-order valence-corrected chi connectivity index (χ2v) is 9.98. The molecule has 31 heavy (non-hydrogen) atoms. The minimum atomic E-state index is -0.144. The van der Waals surface area contributed by atoms with Gasteiger partial charge in [-0.2, -0.15) is 0 Å². The van der Waals surface area contributed by atoms with Crippen molar-refractivity contribution in [3.63, 3.8) is 0 Å². The molecule has 3 aliphatic heterocycles. The molecule has 0 bridgehead atoms. The number of likely N-dealkylation sites (tertiary alicyclic amines) is 1. The molecule has 3 saturated heterocycles. The third-order valence-corrected chi connectivity index (χ3v) is 6.99. The highest BCUT2D eigenvalue weighted by Crippen LogP contribution is 2.38. The first kappa shape index (κ1) is 25.0. The van der Waals surface area contributed by atoms with Gasteiger partial charge < -0.3 is 19.7 Å². The van der Waals surface area contributed by atoms with Crippen molar-refractivity contribution in [1.29, 1.82) is 0 Å². The Hall–Kier alpha value is -0.610. The molecule has 0 saturated carbocycles. The number of morpholine rings is 1. The maximum absolute atomic E-state index is 6.16. The number of hydrogen-bond donors (Lipinski definition) is 1. The van der Waals surface area contributed by atoms with Gasteiger partial charge in [0.1, 0.15) is 0 Å². The molecule has 1 aromatic carbocycles. The first-order valence-corrected chi connectivity index (χ1v) is 11.4. The molecule has 1 spiro atoms. The van der Waals surface area contributed by atoms with Crippen molar-refractivity contribution in [2.24, 2.45) is 10.4 Å². The van der Waals surface area contributed by atoms with E-state index in [1.807, 2.05) is 19.2 Å². The number of nitrogens with zero attached hydrogens (tertiary/aromatic N) is 3. The normalized spacial score (nSPS) is 27.4. The van der Waals surface area contributed by atoms with Crippen LogP contribution >= 0.6 is 35.6 Å². The fourth-order valence-electron chi connectivity index (χ4n) is 5.07. The fourth-order valence-corrected chi connectivity index (χ4v) is 5.20. The fraction of sp³-hybridized carbons (Fsp3) is 0.696. The quantitative estimate of drug-likeness (QED) is 0.344. The first-order valence-electron chi connectivity index (χ1n) is 11.1. The molecule has 1 N–H and O–H groups in total. The maximum atomic E-state index is 6.16. The van der Waals surface area contributed by atoms with E-state index in [4.69, 9.17) is 21.1 Å². The van der Waals surface area contributed by atoms with Crippen molar-refractivity contribution < 1.29 is 9.47 Å². The molecule has 0 radical (unpaired) electrons. The summed E-state index contributed by atoms with van der Waals surface area (Å²) >= 11 is 6.16. The topological polar surface area (TPSA) is 49.3 Å². The number of halogens is 2. The molecule has 2 atom stereocenters. The van der Waals surface area contributed by atoms with E-state index < -0.39 is 0 Å². The van der Waals surface area contributed by atoms with Crippen LogP contribution in [0.3, 0.4) is 0 Å². The van der Waals surface area contributed by atoms with Gasteiger partial charge in [-0.15, -0.1) is 24.0 Å². The second-order valence-electron chi connectivity index (χ2n) is 9.55. The Labute approximate surface area is 208 Å². The highest BCUT2D eigenvalue weighted by atomic mass is 127. The zero-order valence-corrected chi connectivity index (χ0v) is 22.0. The lowest BCUT2D eigenvalue weighted by Gasteiger charge is -2.42. The van der Waals surface area contributed by atoms with Gasteiger partial charge in [-0.3, -0.25) is 9.89 Å². The Bertz CT molecular complexity index is 752. The molecule has 6 nitrogen and oxygen atoms in total. The summed E-state index contributed by atoms with van der Waals surface area (Å²) in [7, 11) is 1.88. The van der Waals surface area contributed by atoms with Crippen LogP contribution in [0.25, 0.3) is 0 Å². The Morgan fingerprint density at radius 3 is 2.58 bits per heavy atom. The van der Waals surface area contributed by atoms with E-state index in [9.17, 15) is 0 Å². The lowest BCUT2D eigenvalue weighted by Crippen LogP contribution is -2.52. The summed E-state index contributed by atoms with van der Waals surface area (Å²) in [5, 5.41) is 4.44. The van der Waals surface area contributed by atoms with Crippen LogP contribution in [0.2, 0.25) is 5.02 Å². The highest BCUT2D eigenvalue weighted by Gasteiger charge is 2.42. The van der Waals surface area contributed by atoms with Gasteiger partial charge in [0.05, 0.1) is 24.9 Å². The molecule has 0 amide bonds. The number of benzene rings is 1. The predicted octanol–water partition coefficient (Wildman–Crippen LogP) is 3.80. The number of rotatable bonds is 4. The van der Waals surface area contributed by atoms with Crippen molar-refractivity contribution in [1.82, 2.24) is 15.1 Å². The van der Waals surface area contributed by atoms with Crippen LogP contribution in [0.5, 0.6) is 0 Å². The van der Waals surface area contributed by atoms with Crippen LogP contribution in [0.4, 0.5) is 0 Å². The van der Waals surface area contributed by atoms with E-state index in [1.54, 1.807) is 0 Å². The van der Waals surface area contributed by atoms with Gasteiger partial charge in [-0.05, 0) is 44.4 Å². The van der Waals surface area contributed by atoms with Crippen LogP contribution in [0.15, 0.2) is 29.3 Å². The number of hydrogen-bond acceptors (Lipinski definition) is 4. The standard InChI is InChI=1S/C23H35ClN4O2.HI/c1-22(2)15-27(11-13-30-22)20(18-4-6-19(24)7-5-18)14-26-21(25-3)28-10-8-23(16-28)9-12-29-17-23;/h4-7,20H,8-17H2,1-3H3,(H,25,26);1H. The molecule has 3 heterocycles. The van der Waals surface area contributed by atoms with Crippen LogP contribution in [0, 0.1) is 5.41 Å². The number of nitrogens with one attached hydrogen (secondary N) is 1. The monoisotopic (exact) mass is 562 g/mol. The van der Waals surface area contributed by atoms with Gasteiger partial charge in [-0.25, -0.2) is 0 Å². The molecular weight excluding hydrogens is 527 g/mol. The molecule has 1 aromatic rings. The van der Waals surface area contributed by atoms with Crippen molar-refractivity contribution in [3.8, 4) is 0 Å². The van der Waals surface area contributed by atoms with Gasteiger partial charge in [0.25, 0.3) is 0 Å². The second kappa shape index (κ2) is 10.5. The predicted molar refractivity (Wildman–Crippen MR) is 137 cm³/mol. The van der Waals surface area contributed by atoms with E-state index in [0.717, 1.165) is 69.9 Å². The summed E-state index contributed by atoms with van der Waals surface area (Å²) < 4.78 is 11.6. The van der Waals surface area contributed by atoms with Crippen molar-refractivity contribution in [2.75, 3.05) is 59.6 Å². The van der Waals surface area contributed by atoms with Crippen LogP contribution < -0.4 is 5.32 Å². The lowest BCUT2D eigenvalue weighted by molar-refractivity contribution is -0.0971. The summed E-state index contributed by atoms with van der Waals surface area (Å²) in [6.07, 6.45) is 2.35. The number of ether oxygens (including phenoxy) is 2. The minimum absolute atomic E-state index is 0. The first-order chi connectivity index (χ1) is 14.4. The molecule has 174 valence electrons. The molecule has 2 unspecified atom stereocenters. The summed E-state index contributed by atoms with van der Waals surface area (Å²) in [6.45, 7) is 11.5. The van der Waals surface area contributed by atoms with Gasteiger partial charge in [0, 0.05) is 56.8 Å². The van der Waals surface area contributed by atoms with Gasteiger partial charge in [-0.1, -0.05) is 23.7 Å². The minimum Gasteiger partial charge on any atom is -0.381 e. The van der Waals surface area contributed by atoms with Crippen LogP contribution in [0.1, 0.15) is 38.3 Å². The van der Waals surface area contributed by atoms with Gasteiger partial charge in [0.2, 0.25) is 0 Å². The van der Waals surface area contributed by atoms with Crippen molar-refractivity contribution in [2.45, 2.75) is 38.3 Å². The summed E-state index contributed by atoms with van der Waals surface area (Å²) in [5.41, 5.74) is 1.44. The zero-order chi connectivity index (χ0) is 21.2. The van der Waals surface area contributed by atoms with Crippen molar-refractivity contribution >= 4 is 41.5 Å². The van der Waals surface area contributed by atoms with Crippen LogP contribution in [-0.2, 0) is 9.47 Å². The molecule has 0 aliphatic carbocycles. The van der Waals surface area contributed by atoms with E-state index >= 15 is 0 Å². The Morgan fingerprint density at radius 1 is 1.16 bits per heavy atom. The molecule has 4 rings (SSSR count). The Morgan fingerprint density at radius 2 is 1.94 bits per heavy atom. The Kier molecular flexibility index (Phi) is 8.51. The third kappa shape index (κ3) is 6.05. The highest BCUT2D eigenvalue weighted by molar-refractivity contribution is 14.0. The maximum Gasteiger partial charge on any atom is 0.193 e. The summed E-state index contributed by atoms with van der Waals surface area (Å²) in [4.78, 5) is 9.52. The number of aliphatic imine (C=N–C) groups is 1. The van der Waals surface area contributed by atoms with E-state index in [-0.39, 0.29) is 35.6 Å². The molecule has 3 fully saturated rings. The Balaban J connectivity index is 0.00000272. The molecule has 3 aliphatic rings. The largest absolute Gasteiger partial charge is 0.381 e. The van der Waals surface area contributed by atoms with Gasteiger partial charge >= 0.3 is 0 Å². The average Bonchev–Trinajstić information content (AvgIpc) is 3.35. The summed E-state index contributed by atoms with van der Waals surface area (Å²) in [6, 6.07) is 8.47. The van der Waals surface area contributed by atoms with E-state index in [2.05, 4.69) is 46.1 Å².